The summed E-state index contributed by atoms with van der Waals surface area (Å²) in [5.41, 5.74) is 0.507. The summed E-state index contributed by atoms with van der Waals surface area (Å²) >= 11 is 1.37. The van der Waals surface area contributed by atoms with Crippen LogP contribution in [-0.2, 0) is 22.5 Å². The summed E-state index contributed by atoms with van der Waals surface area (Å²) in [5.74, 6) is -1.35. The number of thiazole rings is 1. The molecule has 138 valence electrons. The third-order valence-corrected chi connectivity index (χ3v) is 6.35. The number of aryl methyl sites for hydroxylation is 2. The van der Waals surface area contributed by atoms with Crippen molar-refractivity contribution in [1.82, 2.24) is 19.5 Å². The van der Waals surface area contributed by atoms with Crippen LogP contribution in [0.2, 0.25) is 0 Å². The number of aromatic carboxylic acids is 1. The Bertz CT molecular complexity index is 907. The Morgan fingerprint density at radius 1 is 1.40 bits per heavy atom. The van der Waals surface area contributed by atoms with Gasteiger partial charge in [-0.25, -0.2) is 22.9 Å². The van der Waals surface area contributed by atoms with E-state index in [0.29, 0.717) is 5.01 Å². The molecule has 0 bridgehead atoms. The van der Waals surface area contributed by atoms with Gasteiger partial charge in [0.25, 0.3) is 0 Å². The first-order valence-electron chi connectivity index (χ1n) is 7.59. The van der Waals surface area contributed by atoms with Crippen LogP contribution in [-0.4, -0.2) is 34.3 Å². The monoisotopic (exact) mass is 386 g/mol. The van der Waals surface area contributed by atoms with E-state index in [4.69, 9.17) is 0 Å². The number of nitrogens with zero attached hydrogens (tertiary/aromatic N) is 3. The topological polar surface area (TPSA) is 114 Å². The van der Waals surface area contributed by atoms with Crippen LogP contribution < -0.4 is 4.72 Å². The maximum atomic E-state index is 12.7. The molecule has 2 aromatic heterocycles. The number of carbonyl (C=O) groups is 1. The molecule has 0 saturated heterocycles. The molecule has 0 aliphatic carbocycles. The minimum absolute atomic E-state index is 0.133. The van der Waals surface area contributed by atoms with Gasteiger partial charge in [0.2, 0.25) is 10.0 Å². The minimum atomic E-state index is -4.07. The average Bonchev–Trinajstić information content (AvgIpc) is 3.02. The molecule has 1 unspecified atom stereocenters. The highest BCUT2D eigenvalue weighted by Crippen LogP contribution is 2.28. The van der Waals surface area contributed by atoms with Gasteiger partial charge in [-0.15, -0.1) is 11.3 Å². The Kier molecular flexibility index (Phi) is 5.08. The summed E-state index contributed by atoms with van der Waals surface area (Å²) in [6.07, 6.45) is 0. The molecule has 0 saturated carbocycles. The molecule has 2 aromatic rings. The van der Waals surface area contributed by atoms with Gasteiger partial charge in [0, 0.05) is 17.8 Å². The average molecular weight is 386 g/mol. The minimum Gasteiger partial charge on any atom is -0.476 e. The second-order valence-electron chi connectivity index (χ2n) is 6.86. The molecule has 2 N–H and O–H groups in total. The van der Waals surface area contributed by atoms with Gasteiger partial charge in [0.1, 0.15) is 9.90 Å². The number of nitrogens with one attached hydrogen (secondary N) is 1. The fourth-order valence-electron chi connectivity index (χ4n) is 2.37. The molecular weight excluding hydrogens is 364 g/mol. The fraction of sp³-hybridized carbons (Fsp3) is 0.533. The van der Waals surface area contributed by atoms with Crippen molar-refractivity contribution in [2.24, 2.45) is 7.05 Å². The predicted molar refractivity (Wildman–Crippen MR) is 94.5 cm³/mol. The molecule has 2 rings (SSSR count). The molecule has 0 aliphatic heterocycles. The molecule has 2 heterocycles. The molecule has 0 aliphatic rings. The largest absolute Gasteiger partial charge is 0.476 e. The highest BCUT2D eigenvalue weighted by Gasteiger charge is 2.32. The van der Waals surface area contributed by atoms with Gasteiger partial charge in [-0.1, -0.05) is 20.8 Å². The van der Waals surface area contributed by atoms with Crippen molar-refractivity contribution in [3.8, 4) is 0 Å². The van der Waals surface area contributed by atoms with E-state index in [1.165, 1.54) is 25.3 Å². The lowest BCUT2D eigenvalue weighted by molar-refractivity contribution is 0.0680. The zero-order valence-corrected chi connectivity index (χ0v) is 16.6. The normalized spacial score (nSPS) is 13.8. The zero-order chi connectivity index (χ0) is 19.2. The number of aromatic nitrogens is 3. The number of carboxylic acids is 1. The zero-order valence-electron chi connectivity index (χ0n) is 15.0. The van der Waals surface area contributed by atoms with Crippen LogP contribution in [0.5, 0.6) is 0 Å². The van der Waals surface area contributed by atoms with Crippen LogP contribution >= 0.6 is 11.3 Å². The Balaban J connectivity index is 2.37. The molecule has 25 heavy (non-hydrogen) atoms. The third kappa shape index (κ3) is 3.91. The first kappa shape index (κ1) is 19.5. The SMILES string of the molecule is Cc1nn(C)c(C(=O)O)c1S(=O)(=O)NC(C)c1nc(C(C)(C)C)cs1. The second-order valence-corrected chi connectivity index (χ2v) is 9.40. The fourth-order valence-corrected chi connectivity index (χ4v) is 5.09. The summed E-state index contributed by atoms with van der Waals surface area (Å²) in [6.45, 7) is 9.22. The van der Waals surface area contributed by atoms with Crippen molar-refractivity contribution < 1.29 is 18.3 Å². The summed E-state index contributed by atoms with van der Waals surface area (Å²) in [6, 6.07) is -0.590. The van der Waals surface area contributed by atoms with E-state index in [-0.39, 0.29) is 21.7 Å². The van der Waals surface area contributed by atoms with Gasteiger partial charge in [0.15, 0.2) is 5.69 Å². The first-order chi connectivity index (χ1) is 11.3. The summed E-state index contributed by atoms with van der Waals surface area (Å²) < 4.78 is 29.0. The van der Waals surface area contributed by atoms with Gasteiger partial charge in [-0.2, -0.15) is 5.10 Å². The molecule has 0 amide bonds. The van der Waals surface area contributed by atoms with E-state index in [0.717, 1.165) is 10.4 Å². The van der Waals surface area contributed by atoms with Crippen molar-refractivity contribution in [3.63, 3.8) is 0 Å². The van der Waals surface area contributed by atoms with Gasteiger partial charge < -0.3 is 5.11 Å². The Morgan fingerprint density at radius 2 is 2.00 bits per heavy atom. The highest BCUT2D eigenvalue weighted by molar-refractivity contribution is 7.89. The molecule has 0 aromatic carbocycles. The number of hydrogen-bond donors (Lipinski definition) is 2. The van der Waals surface area contributed by atoms with Crippen LogP contribution in [0.15, 0.2) is 10.3 Å². The van der Waals surface area contributed by atoms with Crippen molar-refractivity contribution in [3.05, 3.63) is 27.5 Å². The van der Waals surface area contributed by atoms with Crippen LogP contribution in [0.3, 0.4) is 0 Å². The maximum Gasteiger partial charge on any atom is 0.355 e. The lowest BCUT2D eigenvalue weighted by Crippen LogP contribution is -2.29. The third-order valence-electron chi connectivity index (χ3n) is 3.63. The molecule has 1 atom stereocenters. The van der Waals surface area contributed by atoms with E-state index in [9.17, 15) is 18.3 Å². The van der Waals surface area contributed by atoms with Crippen LogP contribution in [0.25, 0.3) is 0 Å². The van der Waals surface area contributed by atoms with Crippen LogP contribution in [0.1, 0.15) is 60.6 Å². The van der Waals surface area contributed by atoms with Crippen molar-refractivity contribution in [2.45, 2.75) is 51.0 Å². The van der Waals surface area contributed by atoms with E-state index in [1.807, 2.05) is 26.2 Å². The van der Waals surface area contributed by atoms with E-state index in [2.05, 4.69) is 14.8 Å². The van der Waals surface area contributed by atoms with Crippen LogP contribution in [0.4, 0.5) is 0 Å². The number of carboxylic acid groups (broad SMARTS) is 1. The smallest absolute Gasteiger partial charge is 0.355 e. The molecule has 0 spiro atoms. The quantitative estimate of drug-likeness (QED) is 0.814. The standard InChI is InChI=1S/C15H22N4O4S2/c1-8-12(11(14(20)21)19(6)17-8)25(22,23)18-9(2)13-16-10(7-24-13)15(3,4)5/h7,9,18H,1-6H3,(H,20,21). The summed E-state index contributed by atoms with van der Waals surface area (Å²) in [7, 11) is -2.67. The number of hydrogen-bond acceptors (Lipinski definition) is 6. The molecule has 8 nitrogen and oxygen atoms in total. The number of sulfonamides is 1. The maximum absolute atomic E-state index is 12.7. The van der Waals surface area contributed by atoms with Crippen LogP contribution in [0, 0.1) is 6.92 Å². The molecule has 0 fully saturated rings. The Hall–Kier alpha value is -1.78. The molecule has 0 radical (unpaired) electrons. The van der Waals surface area contributed by atoms with Gasteiger partial charge in [0.05, 0.1) is 17.4 Å². The Morgan fingerprint density at radius 3 is 2.48 bits per heavy atom. The predicted octanol–water partition coefficient (Wildman–Crippen LogP) is 2.22. The van der Waals surface area contributed by atoms with Crippen molar-refractivity contribution in [2.75, 3.05) is 0 Å². The van der Waals surface area contributed by atoms with Crippen molar-refractivity contribution in [1.29, 1.82) is 0 Å². The van der Waals surface area contributed by atoms with Gasteiger partial charge in [-0.05, 0) is 13.8 Å². The van der Waals surface area contributed by atoms with E-state index < -0.39 is 22.0 Å². The van der Waals surface area contributed by atoms with Gasteiger partial charge in [-0.3, -0.25) is 4.68 Å². The lowest BCUT2D eigenvalue weighted by Gasteiger charge is -2.15. The summed E-state index contributed by atoms with van der Waals surface area (Å²) in [5, 5.41) is 15.7. The summed E-state index contributed by atoms with van der Waals surface area (Å²) in [4.78, 5) is 15.6. The second kappa shape index (κ2) is 6.50. The van der Waals surface area contributed by atoms with Crippen molar-refractivity contribution >= 4 is 27.3 Å². The lowest BCUT2D eigenvalue weighted by atomic mass is 9.93. The first-order valence-corrected chi connectivity index (χ1v) is 9.96. The Labute approximate surface area is 151 Å². The highest BCUT2D eigenvalue weighted by atomic mass is 32.2. The van der Waals surface area contributed by atoms with Gasteiger partial charge >= 0.3 is 5.97 Å². The number of rotatable bonds is 5. The molecule has 10 heteroatoms. The van der Waals surface area contributed by atoms with E-state index in [1.54, 1.807) is 6.92 Å². The van der Waals surface area contributed by atoms with E-state index >= 15 is 0 Å². The molecular formula is C15H22N4O4S2.